The normalized spacial score (nSPS) is 22.4. The van der Waals surface area contributed by atoms with Crippen LogP contribution in [0.5, 0.6) is 0 Å². The average molecular weight is 275 g/mol. The molecule has 1 amide bonds. The number of hydrogen-bond donors (Lipinski definition) is 2. The number of nitrogen functional groups attached to an aromatic ring is 1. The van der Waals surface area contributed by atoms with Crippen LogP contribution in [0.1, 0.15) is 43.0 Å². The summed E-state index contributed by atoms with van der Waals surface area (Å²) in [6.45, 7) is 2.25. The summed E-state index contributed by atoms with van der Waals surface area (Å²) >= 11 is 0. The lowest BCUT2D eigenvalue weighted by Crippen LogP contribution is -2.38. The second kappa shape index (κ2) is 6.16. The van der Waals surface area contributed by atoms with Crippen LogP contribution in [0, 0.1) is 5.92 Å². The molecule has 0 radical (unpaired) electrons. The Labute approximate surface area is 121 Å². The third-order valence-corrected chi connectivity index (χ3v) is 4.02. The number of anilines is 2. The molecule has 2 atom stereocenters. The van der Waals surface area contributed by atoms with Crippen molar-refractivity contribution in [2.45, 2.75) is 38.6 Å². The van der Waals surface area contributed by atoms with E-state index in [1.807, 2.05) is 31.1 Å². The summed E-state index contributed by atoms with van der Waals surface area (Å²) in [5, 5.41) is 3.17. The number of carbonyl (C=O) groups is 1. The molecule has 1 fully saturated rings. The number of nitrogens with two attached hydrogens (primary N) is 1. The van der Waals surface area contributed by atoms with E-state index in [1.165, 1.54) is 12.8 Å². The summed E-state index contributed by atoms with van der Waals surface area (Å²) in [6, 6.07) is 5.78. The minimum absolute atomic E-state index is 0.0138. The molecule has 0 aromatic heterocycles. The number of carbonyl (C=O) groups excluding carboxylic acids is 1. The topological polar surface area (TPSA) is 58.4 Å². The Morgan fingerprint density at radius 3 is 2.75 bits per heavy atom. The van der Waals surface area contributed by atoms with Crippen LogP contribution in [0.3, 0.4) is 0 Å². The molecule has 110 valence electrons. The molecule has 1 aliphatic rings. The van der Waals surface area contributed by atoms with Gasteiger partial charge in [0.25, 0.3) is 5.91 Å². The quantitative estimate of drug-likeness (QED) is 0.834. The summed E-state index contributed by atoms with van der Waals surface area (Å²) in [7, 11) is 3.87. The molecule has 0 aliphatic heterocycles. The number of benzene rings is 1. The van der Waals surface area contributed by atoms with E-state index >= 15 is 0 Å². The van der Waals surface area contributed by atoms with E-state index in [0.29, 0.717) is 23.2 Å². The molecule has 3 N–H and O–H groups in total. The van der Waals surface area contributed by atoms with Crippen molar-refractivity contribution in [2.24, 2.45) is 5.92 Å². The Morgan fingerprint density at radius 1 is 1.35 bits per heavy atom. The summed E-state index contributed by atoms with van der Waals surface area (Å²) < 4.78 is 0. The van der Waals surface area contributed by atoms with Crippen LogP contribution in [-0.4, -0.2) is 26.0 Å². The van der Waals surface area contributed by atoms with Crippen LogP contribution < -0.4 is 16.0 Å². The second-order valence-electron chi connectivity index (χ2n) is 6.11. The van der Waals surface area contributed by atoms with E-state index in [2.05, 4.69) is 12.2 Å². The van der Waals surface area contributed by atoms with Gasteiger partial charge in [0.1, 0.15) is 0 Å². The van der Waals surface area contributed by atoms with Gasteiger partial charge in [0.05, 0.1) is 5.56 Å². The van der Waals surface area contributed by atoms with Gasteiger partial charge in [0.15, 0.2) is 0 Å². The fourth-order valence-corrected chi connectivity index (χ4v) is 2.95. The third kappa shape index (κ3) is 3.44. The maximum absolute atomic E-state index is 12.5. The van der Waals surface area contributed by atoms with Gasteiger partial charge in [-0.3, -0.25) is 4.79 Å². The van der Waals surface area contributed by atoms with Crippen molar-refractivity contribution >= 4 is 17.3 Å². The van der Waals surface area contributed by atoms with E-state index in [9.17, 15) is 4.79 Å². The van der Waals surface area contributed by atoms with Crippen molar-refractivity contribution in [3.8, 4) is 0 Å². The van der Waals surface area contributed by atoms with E-state index in [1.54, 1.807) is 6.07 Å². The smallest absolute Gasteiger partial charge is 0.253 e. The zero-order valence-electron chi connectivity index (χ0n) is 12.6. The lowest BCUT2D eigenvalue weighted by molar-refractivity contribution is 0.0922. The van der Waals surface area contributed by atoms with Gasteiger partial charge in [0.2, 0.25) is 0 Å². The Balaban J connectivity index is 2.14. The highest BCUT2D eigenvalue weighted by atomic mass is 16.1. The SMILES string of the molecule is CC1CCCC(NC(=O)c2cc(N)ccc2N(C)C)C1. The first kappa shape index (κ1) is 14.7. The molecule has 4 nitrogen and oxygen atoms in total. The van der Waals surface area contributed by atoms with Gasteiger partial charge in [-0.25, -0.2) is 0 Å². The van der Waals surface area contributed by atoms with Gasteiger partial charge in [0, 0.05) is 31.5 Å². The Morgan fingerprint density at radius 2 is 2.10 bits per heavy atom. The molecule has 4 heteroatoms. The molecule has 0 saturated heterocycles. The molecule has 1 aliphatic carbocycles. The van der Waals surface area contributed by atoms with Crippen molar-refractivity contribution in [3.63, 3.8) is 0 Å². The monoisotopic (exact) mass is 275 g/mol. The maximum atomic E-state index is 12.5. The first-order valence-corrected chi connectivity index (χ1v) is 7.35. The Hall–Kier alpha value is -1.71. The summed E-state index contributed by atoms with van der Waals surface area (Å²) in [5.41, 5.74) is 8.01. The highest BCUT2D eigenvalue weighted by Crippen LogP contribution is 2.25. The van der Waals surface area contributed by atoms with Gasteiger partial charge in [-0.2, -0.15) is 0 Å². The van der Waals surface area contributed by atoms with Gasteiger partial charge in [-0.15, -0.1) is 0 Å². The van der Waals surface area contributed by atoms with E-state index < -0.39 is 0 Å². The first-order chi connectivity index (χ1) is 9.47. The molecule has 0 bridgehead atoms. The highest BCUT2D eigenvalue weighted by Gasteiger charge is 2.22. The molecule has 2 unspecified atom stereocenters. The van der Waals surface area contributed by atoms with Gasteiger partial charge in [-0.1, -0.05) is 19.8 Å². The van der Waals surface area contributed by atoms with E-state index in [0.717, 1.165) is 18.5 Å². The van der Waals surface area contributed by atoms with Gasteiger partial charge >= 0.3 is 0 Å². The van der Waals surface area contributed by atoms with Crippen LogP contribution in [0.15, 0.2) is 18.2 Å². The summed E-state index contributed by atoms with van der Waals surface area (Å²) in [6.07, 6.45) is 4.62. The van der Waals surface area contributed by atoms with Crippen molar-refractivity contribution in [1.82, 2.24) is 5.32 Å². The highest BCUT2D eigenvalue weighted by molar-refractivity contribution is 6.00. The number of amides is 1. The van der Waals surface area contributed by atoms with Crippen LogP contribution in [-0.2, 0) is 0 Å². The van der Waals surface area contributed by atoms with Gasteiger partial charge in [-0.05, 0) is 37.0 Å². The fourth-order valence-electron chi connectivity index (χ4n) is 2.95. The lowest BCUT2D eigenvalue weighted by Gasteiger charge is -2.28. The molecule has 0 heterocycles. The molecule has 1 aromatic carbocycles. The second-order valence-corrected chi connectivity index (χ2v) is 6.11. The molecular weight excluding hydrogens is 250 g/mol. The van der Waals surface area contributed by atoms with E-state index in [-0.39, 0.29) is 5.91 Å². The largest absolute Gasteiger partial charge is 0.399 e. The third-order valence-electron chi connectivity index (χ3n) is 4.02. The number of rotatable bonds is 3. The van der Waals surface area contributed by atoms with Crippen molar-refractivity contribution in [1.29, 1.82) is 0 Å². The molecular formula is C16H25N3O. The Bertz CT molecular complexity index is 485. The number of hydrogen-bond acceptors (Lipinski definition) is 3. The minimum Gasteiger partial charge on any atom is -0.399 e. The minimum atomic E-state index is -0.0138. The van der Waals surface area contributed by atoms with Crippen LogP contribution >= 0.6 is 0 Å². The predicted octanol–water partition coefficient (Wildman–Crippen LogP) is 2.64. The van der Waals surface area contributed by atoms with E-state index in [4.69, 9.17) is 5.73 Å². The molecule has 1 saturated carbocycles. The zero-order valence-corrected chi connectivity index (χ0v) is 12.6. The van der Waals surface area contributed by atoms with Gasteiger partial charge < -0.3 is 16.0 Å². The predicted molar refractivity (Wildman–Crippen MR) is 84.1 cm³/mol. The summed E-state index contributed by atoms with van der Waals surface area (Å²) in [5.74, 6) is 0.684. The van der Waals surface area contributed by atoms with Crippen molar-refractivity contribution in [3.05, 3.63) is 23.8 Å². The zero-order chi connectivity index (χ0) is 14.7. The molecule has 1 aromatic rings. The number of nitrogens with zero attached hydrogens (tertiary/aromatic N) is 1. The average Bonchev–Trinajstić information content (AvgIpc) is 2.38. The standard InChI is InChI=1S/C16H25N3O/c1-11-5-4-6-13(9-11)18-16(20)14-10-12(17)7-8-15(14)19(2)3/h7-8,10-11,13H,4-6,9,17H2,1-3H3,(H,18,20). The molecule has 2 rings (SSSR count). The first-order valence-electron chi connectivity index (χ1n) is 7.35. The molecule has 20 heavy (non-hydrogen) atoms. The fraction of sp³-hybridized carbons (Fsp3) is 0.562. The van der Waals surface area contributed by atoms with Crippen molar-refractivity contribution < 1.29 is 4.79 Å². The van der Waals surface area contributed by atoms with Crippen LogP contribution in [0.4, 0.5) is 11.4 Å². The number of nitrogens with one attached hydrogen (secondary N) is 1. The maximum Gasteiger partial charge on any atom is 0.253 e. The Kier molecular flexibility index (Phi) is 4.53. The lowest BCUT2D eigenvalue weighted by atomic mass is 9.87. The van der Waals surface area contributed by atoms with Crippen LogP contribution in [0.2, 0.25) is 0 Å². The summed E-state index contributed by atoms with van der Waals surface area (Å²) in [4.78, 5) is 14.4. The molecule has 0 spiro atoms. The van der Waals surface area contributed by atoms with Crippen LogP contribution in [0.25, 0.3) is 0 Å². The van der Waals surface area contributed by atoms with Crippen molar-refractivity contribution in [2.75, 3.05) is 24.7 Å².